The van der Waals surface area contributed by atoms with Crippen LogP contribution >= 0.6 is 0 Å². The molecule has 0 aliphatic rings. The SMILES string of the molecule is Cc1cc(C(O)C(O)CC(N)=O)cc(C)c1O. The molecule has 0 bridgehead atoms. The van der Waals surface area contributed by atoms with Crippen molar-refractivity contribution in [1.82, 2.24) is 0 Å². The fourth-order valence-electron chi connectivity index (χ4n) is 1.70. The maximum Gasteiger partial charge on any atom is 0.220 e. The lowest BCUT2D eigenvalue weighted by Gasteiger charge is -2.18. The highest BCUT2D eigenvalue weighted by Gasteiger charge is 2.21. The lowest BCUT2D eigenvalue weighted by molar-refractivity contribution is -0.121. The zero-order valence-corrected chi connectivity index (χ0v) is 9.84. The Balaban J connectivity index is 2.96. The van der Waals surface area contributed by atoms with Gasteiger partial charge in [0, 0.05) is 0 Å². The lowest BCUT2D eigenvalue weighted by atomic mass is 9.97. The Hall–Kier alpha value is -1.59. The molecule has 5 nitrogen and oxygen atoms in total. The van der Waals surface area contributed by atoms with Gasteiger partial charge in [-0.2, -0.15) is 0 Å². The van der Waals surface area contributed by atoms with Crippen LogP contribution in [-0.2, 0) is 4.79 Å². The molecule has 0 aromatic heterocycles. The summed E-state index contributed by atoms with van der Waals surface area (Å²) in [6, 6.07) is 3.13. The Bertz CT molecular complexity index is 408. The molecule has 0 fully saturated rings. The molecule has 0 saturated carbocycles. The Morgan fingerprint density at radius 1 is 1.29 bits per heavy atom. The molecule has 1 amide bonds. The number of nitrogens with two attached hydrogens (primary N) is 1. The van der Waals surface area contributed by atoms with Crippen LogP contribution in [0, 0.1) is 13.8 Å². The third-order valence-electron chi connectivity index (χ3n) is 2.63. The molecule has 1 rings (SSSR count). The number of carbonyl (C=O) groups excluding carboxylic acids is 1. The maximum atomic E-state index is 10.6. The van der Waals surface area contributed by atoms with E-state index >= 15 is 0 Å². The van der Waals surface area contributed by atoms with Gasteiger partial charge in [-0.1, -0.05) is 0 Å². The second-order valence-electron chi connectivity index (χ2n) is 4.19. The summed E-state index contributed by atoms with van der Waals surface area (Å²) in [6.07, 6.45) is -2.74. The third kappa shape index (κ3) is 3.18. The van der Waals surface area contributed by atoms with Gasteiger partial charge in [-0.15, -0.1) is 0 Å². The Morgan fingerprint density at radius 2 is 1.76 bits per heavy atom. The first-order valence-corrected chi connectivity index (χ1v) is 5.27. The summed E-state index contributed by atoms with van der Waals surface area (Å²) in [5.74, 6) is -0.519. The zero-order chi connectivity index (χ0) is 13.2. The van der Waals surface area contributed by atoms with E-state index in [9.17, 15) is 20.1 Å². The van der Waals surface area contributed by atoms with Crippen LogP contribution in [0.5, 0.6) is 5.75 Å². The van der Waals surface area contributed by atoms with Crippen molar-refractivity contribution in [3.8, 4) is 5.75 Å². The van der Waals surface area contributed by atoms with Crippen LogP contribution in [0.25, 0.3) is 0 Å². The first-order valence-electron chi connectivity index (χ1n) is 5.27. The van der Waals surface area contributed by atoms with Crippen molar-refractivity contribution in [2.24, 2.45) is 5.73 Å². The first-order chi connectivity index (χ1) is 7.82. The Kier molecular flexibility index (Phi) is 4.09. The minimum atomic E-state index is -1.24. The monoisotopic (exact) mass is 239 g/mol. The molecule has 0 aliphatic carbocycles. The van der Waals surface area contributed by atoms with E-state index in [2.05, 4.69) is 0 Å². The standard InChI is InChI=1S/C12H17NO4/c1-6-3-8(4-7(2)11(6)16)12(17)9(14)5-10(13)15/h3-4,9,12,14,16-17H,5H2,1-2H3,(H2,13,15). The minimum absolute atomic E-state index is 0.158. The zero-order valence-electron chi connectivity index (χ0n) is 9.84. The Morgan fingerprint density at radius 3 is 2.18 bits per heavy atom. The molecule has 0 radical (unpaired) electrons. The molecule has 2 atom stereocenters. The highest BCUT2D eigenvalue weighted by Crippen LogP contribution is 2.28. The number of amides is 1. The Labute approximate surface area is 99.5 Å². The molecule has 1 aromatic carbocycles. The molecule has 1 aromatic rings. The number of phenolic OH excluding ortho intramolecular Hbond substituents is 1. The number of benzene rings is 1. The second-order valence-corrected chi connectivity index (χ2v) is 4.19. The van der Waals surface area contributed by atoms with Crippen LogP contribution in [0.3, 0.4) is 0 Å². The maximum absolute atomic E-state index is 10.6. The number of aryl methyl sites for hydroxylation is 2. The number of aliphatic hydroxyl groups is 2. The van der Waals surface area contributed by atoms with Gasteiger partial charge in [0.15, 0.2) is 0 Å². The summed E-state index contributed by atoms with van der Waals surface area (Å²) in [7, 11) is 0. The van der Waals surface area contributed by atoms with Crippen LogP contribution < -0.4 is 5.73 Å². The van der Waals surface area contributed by atoms with Crippen molar-refractivity contribution in [3.63, 3.8) is 0 Å². The lowest BCUT2D eigenvalue weighted by Crippen LogP contribution is -2.25. The van der Waals surface area contributed by atoms with Gasteiger partial charge in [0.05, 0.1) is 12.5 Å². The fraction of sp³-hybridized carbons (Fsp3) is 0.417. The summed E-state index contributed by atoms with van der Waals surface area (Å²) in [4.78, 5) is 10.6. The van der Waals surface area contributed by atoms with Crippen molar-refractivity contribution in [1.29, 1.82) is 0 Å². The van der Waals surface area contributed by atoms with Gasteiger partial charge in [-0.3, -0.25) is 4.79 Å². The molecule has 0 heterocycles. The van der Waals surface area contributed by atoms with Crippen LogP contribution in [0.1, 0.15) is 29.2 Å². The quantitative estimate of drug-likeness (QED) is 0.605. The van der Waals surface area contributed by atoms with E-state index in [1.54, 1.807) is 26.0 Å². The van der Waals surface area contributed by atoms with E-state index in [-0.39, 0.29) is 12.2 Å². The van der Waals surface area contributed by atoms with Gasteiger partial charge in [0.25, 0.3) is 0 Å². The molecule has 94 valence electrons. The second kappa shape index (κ2) is 5.16. The van der Waals surface area contributed by atoms with Crippen molar-refractivity contribution in [2.75, 3.05) is 0 Å². The predicted molar refractivity (Wildman–Crippen MR) is 62.4 cm³/mol. The van der Waals surface area contributed by atoms with Crippen LogP contribution in [-0.4, -0.2) is 27.3 Å². The van der Waals surface area contributed by atoms with Crippen LogP contribution in [0.4, 0.5) is 0 Å². The predicted octanol–water partition coefficient (Wildman–Crippen LogP) is 0.279. The number of aliphatic hydroxyl groups excluding tert-OH is 2. The molecule has 0 spiro atoms. The molecule has 0 saturated heterocycles. The summed E-state index contributed by atoms with van der Waals surface area (Å²) in [5, 5.41) is 29.0. The topological polar surface area (TPSA) is 104 Å². The van der Waals surface area contributed by atoms with Gasteiger partial charge >= 0.3 is 0 Å². The van der Waals surface area contributed by atoms with E-state index in [0.29, 0.717) is 16.7 Å². The van der Waals surface area contributed by atoms with Gasteiger partial charge in [0.1, 0.15) is 11.9 Å². The number of hydrogen-bond donors (Lipinski definition) is 4. The summed E-state index contributed by atoms with van der Waals surface area (Å²) >= 11 is 0. The summed E-state index contributed by atoms with van der Waals surface area (Å²) in [6.45, 7) is 3.39. The number of phenols is 1. The van der Waals surface area contributed by atoms with Crippen molar-refractivity contribution in [3.05, 3.63) is 28.8 Å². The molecule has 17 heavy (non-hydrogen) atoms. The van der Waals surface area contributed by atoms with E-state index in [4.69, 9.17) is 5.73 Å². The normalized spacial score (nSPS) is 14.4. The highest BCUT2D eigenvalue weighted by atomic mass is 16.3. The van der Waals surface area contributed by atoms with E-state index in [1.165, 1.54) is 0 Å². The average Bonchev–Trinajstić information content (AvgIpc) is 2.23. The van der Waals surface area contributed by atoms with Gasteiger partial charge in [-0.05, 0) is 42.7 Å². The first kappa shape index (κ1) is 13.5. The number of hydrogen-bond acceptors (Lipinski definition) is 4. The largest absolute Gasteiger partial charge is 0.507 e. The third-order valence-corrected chi connectivity index (χ3v) is 2.63. The highest BCUT2D eigenvalue weighted by molar-refractivity contribution is 5.74. The number of rotatable bonds is 4. The van der Waals surface area contributed by atoms with Crippen molar-refractivity contribution in [2.45, 2.75) is 32.5 Å². The van der Waals surface area contributed by atoms with E-state index in [0.717, 1.165) is 0 Å². The van der Waals surface area contributed by atoms with Gasteiger partial charge in [-0.25, -0.2) is 0 Å². The number of primary amides is 1. The molecule has 5 N–H and O–H groups in total. The van der Waals surface area contributed by atoms with Crippen LogP contribution in [0.2, 0.25) is 0 Å². The average molecular weight is 239 g/mol. The van der Waals surface area contributed by atoms with Gasteiger partial charge < -0.3 is 21.1 Å². The molecule has 0 aliphatic heterocycles. The molecule has 2 unspecified atom stereocenters. The smallest absolute Gasteiger partial charge is 0.220 e. The minimum Gasteiger partial charge on any atom is -0.507 e. The molecular weight excluding hydrogens is 222 g/mol. The molecular formula is C12H17NO4. The number of carbonyl (C=O) groups is 1. The fourth-order valence-corrected chi connectivity index (χ4v) is 1.70. The summed E-state index contributed by atoms with van der Waals surface area (Å²) in [5.41, 5.74) is 6.60. The van der Waals surface area contributed by atoms with Crippen molar-refractivity contribution < 1.29 is 20.1 Å². The van der Waals surface area contributed by atoms with Gasteiger partial charge in [0.2, 0.25) is 5.91 Å². The van der Waals surface area contributed by atoms with Crippen LogP contribution in [0.15, 0.2) is 12.1 Å². The summed E-state index contributed by atoms with van der Waals surface area (Å²) < 4.78 is 0. The number of aromatic hydroxyl groups is 1. The van der Waals surface area contributed by atoms with E-state index < -0.39 is 18.1 Å². The van der Waals surface area contributed by atoms with Crippen molar-refractivity contribution >= 4 is 5.91 Å². The molecule has 5 heteroatoms. The van der Waals surface area contributed by atoms with E-state index in [1.807, 2.05) is 0 Å².